The SMILES string of the molecule is CCOCCCNC(=O)c1ccc(-n2ncc(C(=O)OCC)c2N)cc1. The van der Waals surface area contributed by atoms with Crippen LogP contribution in [0.1, 0.15) is 41.0 Å². The average Bonchev–Trinajstić information content (AvgIpc) is 3.03. The summed E-state index contributed by atoms with van der Waals surface area (Å²) in [4.78, 5) is 23.9. The Morgan fingerprint density at radius 1 is 1.19 bits per heavy atom. The maximum Gasteiger partial charge on any atom is 0.343 e. The maximum absolute atomic E-state index is 12.1. The minimum atomic E-state index is -0.515. The molecule has 2 rings (SSSR count). The Bertz CT molecular complexity index is 740. The third-order valence-corrected chi connectivity index (χ3v) is 3.63. The molecule has 8 nitrogen and oxygen atoms in total. The second-order valence-electron chi connectivity index (χ2n) is 5.43. The fourth-order valence-corrected chi connectivity index (χ4v) is 2.31. The summed E-state index contributed by atoms with van der Waals surface area (Å²) in [6.45, 7) is 5.76. The number of carbonyl (C=O) groups excluding carboxylic acids is 2. The van der Waals surface area contributed by atoms with Crippen molar-refractivity contribution in [3.63, 3.8) is 0 Å². The van der Waals surface area contributed by atoms with E-state index in [0.29, 0.717) is 31.0 Å². The number of aromatic nitrogens is 2. The lowest BCUT2D eigenvalue weighted by molar-refractivity contribution is 0.0527. The van der Waals surface area contributed by atoms with Crippen molar-refractivity contribution in [2.75, 3.05) is 32.1 Å². The number of anilines is 1. The number of rotatable bonds is 9. The second-order valence-corrected chi connectivity index (χ2v) is 5.43. The molecule has 1 aromatic carbocycles. The summed E-state index contributed by atoms with van der Waals surface area (Å²) in [5, 5.41) is 6.95. The van der Waals surface area contributed by atoms with Gasteiger partial charge in [0.2, 0.25) is 0 Å². The smallest absolute Gasteiger partial charge is 0.343 e. The summed E-state index contributed by atoms with van der Waals surface area (Å²) < 4.78 is 11.6. The van der Waals surface area contributed by atoms with Crippen LogP contribution in [0.2, 0.25) is 0 Å². The van der Waals surface area contributed by atoms with Gasteiger partial charge in [-0.2, -0.15) is 5.10 Å². The van der Waals surface area contributed by atoms with Gasteiger partial charge in [-0.15, -0.1) is 0 Å². The zero-order chi connectivity index (χ0) is 18.9. The van der Waals surface area contributed by atoms with Gasteiger partial charge in [0.15, 0.2) is 0 Å². The molecule has 0 atom stereocenters. The molecule has 8 heteroatoms. The molecule has 0 aliphatic carbocycles. The number of amides is 1. The van der Waals surface area contributed by atoms with Crippen LogP contribution >= 0.6 is 0 Å². The van der Waals surface area contributed by atoms with Crippen LogP contribution in [0.4, 0.5) is 5.82 Å². The lowest BCUT2D eigenvalue weighted by Gasteiger charge is -2.08. The predicted molar refractivity (Wildman–Crippen MR) is 97.4 cm³/mol. The first kappa shape index (κ1) is 19.5. The number of nitrogens with zero attached hydrogens (tertiary/aromatic N) is 2. The van der Waals surface area contributed by atoms with E-state index in [-0.39, 0.29) is 23.9 Å². The lowest BCUT2D eigenvalue weighted by Crippen LogP contribution is -2.25. The van der Waals surface area contributed by atoms with E-state index in [9.17, 15) is 9.59 Å². The van der Waals surface area contributed by atoms with Crippen LogP contribution in [0.5, 0.6) is 0 Å². The molecule has 1 heterocycles. The van der Waals surface area contributed by atoms with Crippen molar-refractivity contribution in [3.05, 3.63) is 41.6 Å². The summed E-state index contributed by atoms with van der Waals surface area (Å²) in [6, 6.07) is 6.79. The molecule has 0 spiro atoms. The molecule has 1 aromatic heterocycles. The van der Waals surface area contributed by atoms with Crippen molar-refractivity contribution in [2.45, 2.75) is 20.3 Å². The third kappa shape index (κ3) is 4.82. The fourth-order valence-electron chi connectivity index (χ4n) is 2.31. The van der Waals surface area contributed by atoms with Gasteiger partial charge in [-0.25, -0.2) is 9.48 Å². The standard InChI is InChI=1S/C18H24N4O4/c1-3-25-11-5-10-20-17(23)13-6-8-14(9-7-13)22-16(19)15(12-21-22)18(24)26-4-2/h6-9,12H,3-5,10-11,19H2,1-2H3,(H,20,23). The van der Waals surface area contributed by atoms with E-state index in [1.807, 2.05) is 6.92 Å². The van der Waals surface area contributed by atoms with Gasteiger partial charge in [-0.1, -0.05) is 0 Å². The molecule has 0 saturated heterocycles. The minimum Gasteiger partial charge on any atom is -0.462 e. The molecule has 0 bridgehead atoms. The highest BCUT2D eigenvalue weighted by Crippen LogP contribution is 2.18. The van der Waals surface area contributed by atoms with Crippen LogP contribution < -0.4 is 11.1 Å². The van der Waals surface area contributed by atoms with Crippen LogP contribution in [0.3, 0.4) is 0 Å². The van der Waals surface area contributed by atoms with Crippen LogP contribution in [0.25, 0.3) is 5.69 Å². The van der Waals surface area contributed by atoms with E-state index in [1.165, 1.54) is 10.9 Å². The number of esters is 1. The summed E-state index contributed by atoms with van der Waals surface area (Å²) in [5.41, 5.74) is 7.36. The van der Waals surface area contributed by atoms with Gasteiger partial charge >= 0.3 is 5.97 Å². The summed E-state index contributed by atoms with van der Waals surface area (Å²) >= 11 is 0. The van der Waals surface area contributed by atoms with Crippen LogP contribution in [-0.4, -0.2) is 48.0 Å². The Kier molecular flexibility index (Phi) is 7.16. The van der Waals surface area contributed by atoms with Gasteiger partial charge in [-0.05, 0) is 44.5 Å². The first-order valence-corrected chi connectivity index (χ1v) is 8.55. The highest BCUT2D eigenvalue weighted by atomic mass is 16.5. The zero-order valence-corrected chi connectivity index (χ0v) is 15.0. The van der Waals surface area contributed by atoms with Crippen LogP contribution in [-0.2, 0) is 9.47 Å². The Morgan fingerprint density at radius 3 is 2.58 bits per heavy atom. The summed E-state index contributed by atoms with van der Waals surface area (Å²) in [7, 11) is 0. The number of nitrogen functional groups attached to an aromatic ring is 1. The minimum absolute atomic E-state index is 0.159. The normalized spacial score (nSPS) is 10.5. The number of benzene rings is 1. The van der Waals surface area contributed by atoms with E-state index in [1.54, 1.807) is 31.2 Å². The lowest BCUT2D eigenvalue weighted by atomic mass is 10.2. The first-order chi connectivity index (χ1) is 12.6. The van der Waals surface area contributed by atoms with Crippen molar-refractivity contribution in [1.82, 2.24) is 15.1 Å². The molecular formula is C18H24N4O4. The molecule has 26 heavy (non-hydrogen) atoms. The number of ether oxygens (including phenoxy) is 2. The topological polar surface area (TPSA) is 108 Å². The van der Waals surface area contributed by atoms with Crippen molar-refractivity contribution in [1.29, 1.82) is 0 Å². The molecule has 0 saturated carbocycles. The van der Waals surface area contributed by atoms with Crippen molar-refractivity contribution >= 4 is 17.7 Å². The van der Waals surface area contributed by atoms with Gasteiger partial charge in [0.25, 0.3) is 5.91 Å². The Hall–Kier alpha value is -2.87. The molecule has 0 radical (unpaired) electrons. The first-order valence-electron chi connectivity index (χ1n) is 8.55. The molecule has 2 aromatic rings. The van der Waals surface area contributed by atoms with Gasteiger partial charge < -0.3 is 20.5 Å². The summed E-state index contributed by atoms with van der Waals surface area (Å²) in [5.74, 6) is -0.482. The molecular weight excluding hydrogens is 336 g/mol. The number of hydrogen-bond donors (Lipinski definition) is 2. The second kappa shape index (κ2) is 9.57. The van der Waals surface area contributed by atoms with E-state index < -0.39 is 5.97 Å². The molecule has 140 valence electrons. The Balaban J connectivity index is 2.01. The number of hydrogen-bond acceptors (Lipinski definition) is 6. The van der Waals surface area contributed by atoms with Gasteiger partial charge in [0, 0.05) is 25.3 Å². The van der Waals surface area contributed by atoms with Gasteiger partial charge in [-0.3, -0.25) is 4.79 Å². The van der Waals surface area contributed by atoms with Crippen molar-refractivity contribution < 1.29 is 19.1 Å². The molecule has 0 fully saturated rings. The molecule has 0 aliphatic rings. The zero-order valence-electron chi connectivity index (χ0n) is 15.0. The molecule has 3 N–H and O–H groups in total. The monoisotopic (exact) mass is 360 g/mol. The maximum atomic E-state index is 12.1. The average molecular weight is 360 g/mol. The predicted octanol–water partition coefficient (Wildman–Crippen LogP) is 1.79. The number of carbonyl (C=O) groups is 2. The van der Waals surface area contributed by atoms with E-state index in [2.05, 4.69) is 10.4 Å². The highest BCUT2D eigenvalue weighted by molar-refractivity contribution is 5.95. The van der Waals surface area contributed by atoms with Gasteiger partial charge in [0.1, 0.15) is 11.4 Å². The van der Waals surface area contributed by atoms with Crippen LogP contribution in [0, 0.1) is 0 Å². The van der Waals surface area contributed by atoms with E-state index in [4.69, 9.17) is 15.2 Å². The van der Waals surface area contributed by atoms with Crippen molar-refractivity contribution in [2.24, 2.45) is 0 Å². The Morgan fingerprint density at radius 2 is 1.92 bits per heavy atom. The quantitative estimate of drug-likeness (QED) is 0.521. The Labute approximate surface area is 152 Å². The van der Waals surface area contributed by atoms with Crippen molar-refractivity contribution in [3.8, 4) is 5.69 Å². The number of nitrogens with one attached hydrogen (secondary N) is 1. The largest absolute Gasteiger partial charge is 0.462 e. The van der Waals surface area contributed by atoms with E-state index >= 15 is 0 Å². The molecule has 0 aliphatic heterocycles. The fraction of sp³-hybridized carbons (Fsp3) is 0.389. The van der Waals surface area contributed by atoms with Crippen LogP contribution in [0.15, 0.2) is 30.5 Å². The molecule has 1 amide bonds. The highest BCUT2D eigenvalue weighted by Gasteiger charge is 2.17. The number of nitrogens with two attached hydrogens (primary N) is 1. The molecule has 0 unspecified atom stereocenters. The third-order valence-electron chi connectivity index (χ3n) is 3.63. The summed E-state index contributed by atoms with van der Waals surface area (Å²) in [6.07, 6.45) is 2.13. The van der Waals surface area contributed by atoms with Gasteiger partial charge in [0.05, 0.1) is 18.5 Å². The van der Waals surface area contributed by atoms with E-state index in [0.717, 1.165) is 6.42 Å².